The van der Waals surface area contributed by atoms with Crippen LogP contribution in [0, 0.1) is 0 Å². The summed E-state index contributed by atoms with van der Waals surface area (Å²) in [6.07, 6.45) is 1.05. The molecule has 0 saturated heterocycles. The van der Waals surface area contributed by atoms with Crippen LogP contribution < -0.4 is 10.1 Å². The molecule has 0 saturated carbocycles. The predicted molar refractivity (Wildman–Crippen MR) is 85.3 cm³/mol. The highest BCUT2D eigenvalue weighted by Gasteiger charge is 2.06. The zero-order valence-corrected chi connectivity index (χ0v) is 12.5. The van der Waals surface area contributed by atoms with E-state index in [0.717, 1.165) is 17.7 Å². The second-order valence-electron chi connectivity index (χ2n) is 5.02. The van der Waals surface area contributed by atoms with Gasteiger partial charge in [0.05, 0.1) is 6.61 Å². The maximum atomic E-state index is 5.69. The lowest BCUT2D eigenvalue weighted by Crippen LogP contribution is -2.23. The highest BCUT2D eigenvalue weighted by Crippen LogP contribution is 2.30. The summed E-state index contributed by atoms with van der Waals surface area (Å²) >= 11 is 0. The summed E-state index contributed by atoms with van der Waals surface area (Å²) in [5, 5.41) is 3.27. The Kier molecular flexibility index (Phi) is 5.19. The topological polar surface area (TPSA) is 21.3 Å². The van der Waals surface area contributed by atoms with Gasteiger partial charge in [0.1, 0.15) is 5.75 Å². The first kappa shape index (κ1) is 14.6. The molecule has 2 rings (SSSR count). The quantitative estimate of drug-likeness (QED) is 0.858. The number of hydrogen-bond donors (Lipinski definition) is 1. The van der Waals surface area contributed by atoms with Crippen molar-refractivity contribution in [3.8, 4) is 16.9 Å². The lowest BCUT2D eigenvalue weighted by Gasteiger charge is -2.12. The highest BCUT2D eigenvalue weighted by atomic mass is 16.5. The molecule has 20 heavy (non-hydrogen) atoms. The van der Waals surface area contributed by atoms with E-state index in [0.29, 0.717) is 12.6 Å². The molecule has 0 aliphatic carbocycles. The van der Waals surface area contributed by atoms with Gasteiger partial charge in [-0.2, -0.15) is 0 Å². The van der Waals surface area contributed by atoms with Gasteiger partial charge in [-0.05, 0) is 44.5 Å². The Bertz CT molecular complexity index is 533. The molecule has 0 aliphatic rings. The van der Waals surface area contributed by atoms with Crippen LogP contribution in [0.4, 0.5) is 0 Å². The molecule has 0 aromatic heterocycles. The molecule has 1 unspecified atom stereocenters. The molecular weight excluding hydrogens is 246 g/mol. The number of likely N-dealkylation sites (N-methyl/N-ethyl adjacent to an activating group) is 1. The van der Waals surface area contributed by atoms with Gasteiger partial charge in [0.15, 0.2) is 0 Å². The number of benzene rings is 2. The minimum atomic E-state index is 0.497. The van der Waals surface area contributed by atoms with E-state index in [1.54, 1.807) is 0 Å². The van der Waals surface area contributed by atoms with E-state index < -0.39 is 0 Å². The molecular formula is C18H23NO. The van der Waals surface area contributed by atoms with Crippen molar-refractivity contribution < 1.29 is 4.74 Å². The van der Waals surface area contributed by atoms with Gasteiger partial charge in [0.2, 0.25) is 0 Å². The average molecular weight is 269 g/mol. The first-order valence-electron chi connectivity index (χ1n) is 7.23. The summed E-state index contributed by atoms with van der Waals surface area (Å²) in [7, 11) is 2.00. The summed E-state index contributed by atoms with van der Waals surface area (Å²) in [4.78, 5) is 0. The minimum Gasteiger partial charge on any atom is -0.493 e. The van der Waals surface area contributed by atoms with Crippen molar-refractivity contribution in [2.24, 2.45) is 0 Å². The van der Waals surface area contributed by atoms with Gasteiger partial charge >= 0.3 is 0 Å². The van der Waals surface area contributed by atoms with Crippen LogP contribution in [-0.4, -0.2) is 19.7 Å². The van der Waals surface area contributed by atoms with Crippen LogP contribution in [0.5, 0.6) is 5.75 Å². The SMILES string of the molecule is CCOc1ccccc1-c1ccc(CC(C)NC)cc1. The largest absolute Gasteiger partial charge is 0.493 e. The van der Waals surface area contributed by atoms with Crippen LogP contribution in [0.3, 0.4) is 0 Å². The van der Waals surface area contributed by atoms with Crippen molar-refractivity contribution in [1.29, 1.82) is 0 Å². The zero-order chi connectivity index (χ0) is 14.4. The average Bonchev–Trinajstić information content (AvgIpc) is 2.49. The fourth-order valence-corrected chi connectivity index (χ4v) is 2.26. The smallest absolute Gasteiger partial charge is 0.127 e. The molecule has 1 N–H and O–H groups in total. The lowest BCUT2D eigenvalue weighted by molar-refractivity contribution is 0.341. The number of hydrogen-bond acceptors (Lipinski definition) is 2. The summed E-state index contributed by atoms with van der Waals surface area (Å²) < 4.78 is 5.69. The molecule has 2 nitrogen and oxygen atoms in total. The van der Waals surface area contributed by atoms with Gasteiger partial charge < -0.3 is 10.1 Å². The van der Waals surface area contributed by atoms with Crippen LogP contribution in [0.25, 0.3) is 11.1 Å². The van der Waals surface area contributed by atoms with Gasteiger partial charge in [0, 0.05) is 11.6 Å². The molecule has 2 aromatic carbocycles. The summed E-state index contributed by atoms with van der Waals surface area (Å²) in [6.45, 7) is 4.89. The van der Waals surface area contributed by atoms with Crippen molar-refractivity contribution in [3.63, 3.8) is 0 Å². The Morgan fingerprint density at radius 3 is 2.40 bits per heavy atom. The van der Waals surface area contributed by atoms with Gasteiger partial charge in [0.25, 0.3) is 0 Å². The first-order valence-corrected chi connectivity index (χ1v) is 7.23. The molecule has 1 atom stereocenters. The molecule has 0 heterocycles. The summed E-state index contributed by atoms with van der Waals surface area (Å²) in [5.74, 6) is 0.950. The lowest BCUT2D eigenvalue weighted by atomic mass is 10.0. The summed E-state index contributed by atoms with van der Waals surface area (Å²) in [6, 6.07) is 17.4. The van der Waals surface area contributed by atoms with E-state index in [9.17, 15) is 0 Å². The number of nitrogens with one attached hydrogen (secondary N) is 1. The Labute approximate surface area is 121 Å². The molecule has 0 aliphatic heterocycles. The van der Waals surface area contributed by atoms with Crippen molar-refractivity contribution in [2.75, 3.05) is 13.7 Å². The molecule has 0 amide bonds. The Balaban J connectivity index is 2.21. The molecule has 0 spiro atoms. The Hall–Kier alpha value is -1.80. The fourth-order valence-electron chi connectivity index (χ4n) is 2.26. The first-order chi connectivity index (χ1) is 9.74. The normalized spacial score (nSPS) is 12.2. The van der Waals surface area contributed by atoms with Crippen LogP contribution >= 0.6 is 0 Å². The fraction of sp³-hybridized carbons (Fsp3) is 0.333. The molecule has 0 bridgehead atoms. The molecule has 2 heteroatoms. The van der Waals surface area contributed by atoms with Gasteiger partial charge in [-0.3, -0.25) is 0 Å². The minimum absolute atomic E-state index is 0.497. The third-order valence-electron chi connectivity index (χ3n) is 3.49. The van der Waals surface area contributed by atoms with E-state index in [1.165, 1.54) is 11.1 Å². The van der Waals surface area contributed by atoms with Crippen molar-refractivity contribution in [3.05, 3.63) is 54.1 Å². The molecule has 106 valence electrons. The zero-order valence-electron chi connectivity index (χ0n) is 12.5. The number of para-hydroxylation sites is 1. The molecule has 2 aromatic rings. The van der Waals surface area contributed by atoms with E-state index in [4.69, 9.17) is 4.74 Å². The van der Waals surface area contributed by atoms with Gasteiger partial charge in [-0.1, -0.05) is 42.5 Å². The van der Waals surface area contributed by atoms with Crippen molar-refractivity contribution in [2.45, 2.75) is 26.3 Å². The molecule has 0 fully saturated rings. The number of ether oxygens (including phenoxy) is 1. The van der Waals surface area contributed by atoms with E-state index in [2.05, 4.69) is 48.6 Å². The third-order valence-corrected chi connectivity index (χ3v) is 3.49. The maximum absolute atomic E-state index is 5.69. The summed E-state index contributed by atoms with van der Waals surface area (Å²) in [5.41, 5.74) is 3.71. The van der Waals surface area contributed by atoms with Crippen LogP contribution in [-0.2, 0) is 6.42 Å². The molecule has 0 radical (unpaired) electrons. The predicted octanol–water partition coefficient (Wildman–Crippen LogP) is 3.90. The van der Waals surface area contributed by atoms with Crippen LogP contribution in [0.15, 0.2) is 48.5 Å². The van der Waals surface area contributed by atoms with Gasteiger partial charge in [-0.25, -0.2) is 0 Å². The second-order valence-corrected chi connectivity index (χ2v) is 5.02. The monoisotopic (exact) mass is 269 g/mol. The van der Waals surface area contributed by atoms with Crippen molar-refractivity contribution in [1.82, 2.24) is 5.32 Å². The van der Waals surface area contributed by atoms with Crippen LogP contribution in [0.1, 0.15) is 19.4 Å². The van der Waals surface area contributed by atoms with Crippen molar-refractivity contribution >= 4 is 0 Å². The standard InChI is InChI=1S/C18H23NO/c1-4-20-18-8-6-5-7-17(18)16-11-9-15(10-12-16)13-14(2)19-3/h5-12,14,19H,4,13H2,1-3H3. The van der Waals surface area contributed by atoms with Gasteiger partial charge in [-0.15, -0.1) is 0 Å². The van der Waals surface area contributed by atoms with E-state index in [1.807, 2.05) is 26.1 Å². The Morgan fingerprint density at radius 2 is 1.75 bits per heavy atom. The van der Waals surface area contributed by atoms with E-state index >= 15 is 0 Å². The third kappa shape index (κ3) is 3.61. The number of rotatable bonds is 6. The maximum Gasteiger partial charge on any atom is 0.127 e. The van der Waals surface area contributed by atoms with E-state index in [-0.39, 0.29) is 0 Å². The highest BCUT2D eigenvalue weighted by molar-refractivity contribution is 5.70. The Morgan fingerprint density at radius 1 is 1.05 bits per heavy atom. The second kappa shape index (κ2) is 7.11. The van der Waals surface area contributed by atoms with Crippen LogP contribution in [0.2, 0.25) is 0 Å².